The average molecular weight is 426 g/mol. The highest BCUT2D eigenvalue weighted by molar-refractivity contribution is 7.89. The van der Waals surface area contributed by atoms with E-state index in [2.05, 4.69) is 27.1 Å². The van der Waals surface area contributed by atoms with E-state index < -0.39 is 15.9 Å². The van der Waals surface area contributed by atoms with Crippen molar-refractivity contribution >= 4 is 32.7 Å². The van der Waals surface area contributed by atoms with E-state index in [0.29, 0.717) is 29.8 Å². The number of carbonyl (C=O) groups excluding carboxylic acids is 1. The van der Waals surface area contributed by atoms with Crippen molar-refractivity contribution in [2.45, 2.75) is 11.8 Å². The zero-order chi connectivity index (χ0) is 21.1. The van der Waals surface area contributed by atoms with Gasteiger partial charge in [0.15, 0.2) is 0 Å². The van der Waals surface area contributed by atoms with Gasteiger partial charge in [-0.05, 0) is 42.9 Å². The fourth-order valence-corrected chi connectivity index (χ4v) is 4.83. The summed E-state index contributed by atoms with van der Waals surface area (Å²) in [5, 5.41) is 2.74. The van der Waals surface area contributed by atoms with E-state index >= 15 is 0 Å². The number of sulfonamides is 1. The van der Waals surface area contributed by atoms with E-state index in [1.165, 1.54) is 22.6 Å². The van der Waals surface area contributed by atoms with Gasteiger partial charge in [-0.2, -0.15) is 4.31 Å². The van der Waals surface area contributed by atoms with Crippen molar-refractivity contribution in [1.82, 2.24) is 19.2 Å². The molecule has 0 aliphatic carbocycles. The van der Waals surface area contributed by atoms with Gasteiger partial charge in [0.05, 0.1) is 22.1 Å². The Balaban J connectivity index is 1.45. The minimum Gasteiger partial charge on any atom is -0.321 e. The summed E-state index contributed by atoms with van der Waals surface area (Å²) in [6.45, 7) is 5.42. The summed E-state index contributed by atoms with van der Waals surface area (Å²) in [6.07, 6.45) is 1.42. The summed E-state index contributed by atoms with van der Waals surface area (Å²) in [7, 11) is -3.54. The van der Waals surface area contributed by atoms with Crippen LogP contribution in [-0.2, 0) is 10.0 Å². The number of nitrogens with zero attached hydrogens (tertiary/aromatic N) is 4. The van der Waals surface area contributed by atoms with Gasteiger partial charge in [0.2, 0.25) is 10.0 Å². The summed E-state index contributed by atoms with van der Waals surface area (Å²) in [4.78, 5) is 23.5. The van der Waals surface area contributed by atoms with E-state index in [-0.39, 0.29) is 10.6 Å². The number of carbonyl (C=O) groups is 1. The molecule has 2 heterocycles. The lowest BCUT2D eigenvalue weighted by molar-refractivity contribution is 0.102. The highest BCUT2D eigenvalue weighted by Gasteiger charge is 2.27. The lowest BCUT2D eigenvalue weighted by atomic mass is 10.3. The van der Waals surface area contributed by atoms with Crippen molar-refractivity contribution in [3.05, 3.63) is 60.4 Å². The number of amides is 1. The van der Waals surface area contributed by atoms with Gasteiger partial charge in [0.1, 0.15) is 5.69 Å². The van der Waals surface area contributed by atoms with Gasteiger partial charge in [-0.1, -0.05) is 19.1 Å². The second-order valence-corrected chi connectivity index (χ2v) is 9.00. The van der Waals surface area contributed by atoms with Crippen molar-refractivity contribution in [3.63, 3.8) is 0 Å². The molecule has 2 aromatic carbocycles. The van der Waals surface area contributed by atoms with Crippen molar-refractivity contribution in [2.24, 2.45) is 0 Å². The minimum absolute atomic E-state index is 0.194. The zero-order valence-electron chi connectivity index (χ0n) is 16.7. The molecule has 0 spiro atoms. The quantitative estimate of drug-likeness (QED) is 0.673. The Morgan fingerprint density at radius 2 is 1.67 bits per heavy atom. The van der Waals surface area contributed by atoms with Gasteiger partial charge in [0, 0.05) is 31.9 Å². The number of para-hydroxylation sites is 2. The third-order valence-electron chi connectivity index (χ3n) is 5.21. The van der Waals surface area contributed by atoms with Crippen LogP contribution < -0.4 is 5.32 Å². The monoisotopic (exact) mass is 425 g/mol. The van der Waals surface area contributed by atoms with E-state index in [1.54, 1.807) is 18.2 Å². The molecule has 3 aromatic rings. The number of anilines is 1. The zero-order valence-corrected chi connectivity index (χ0v) is 17.5. The third-order valence-corrected chi connectivity index (χ3v) is 7.12. The molecule has 0 saturated carbocycles. The number of aromatic nitrogens is 2. The Labute approximate surface area is 175 Å². The lowest BCUT2D eigenvalue weighted by Crippen LogP contribution is -2.48. The molecule has 1 aromatic heterocycles. The molecule has 0 radical (unpaired) electrons. The van der Waals surface area contributed by atoms with Crippen LogP contribution in [0.3, 0.4) is 0 Å². The van der Waals surface area contributed by atoms with Gasteiger partial charge < -0.3 is 10.2 Å². The predicted molar refractivity (Wildman–Crippen MR) is 115 cm³/mol. The molecular weight excluding hydrogens is 402 g/mol. The topological polar surface area (TPSA) is 95.5 Å². The molecule has 1 fully saturated rings. The molecule has 30 heavy (non-hydrogen) atoms. The smallest absolute Gasteiger partial charge is 0.275 e. The van der Waals surface area contributed by atoms with Gasteiger partial charge in [-0.25, -0.2) is 13.4 Å². The fourth-order valence-electron chi connectivity index (χ4n) is 3.41. The Morgan fingerprint density at radius 3 is 2.33 bits per heavy atom. The first-order valence-electron chi connectivity index (χ1n) is 9.83. The van der Waals surface area contributed by atoms with Crippen molar-refractivity contribution in [2.75, 3.05) is 38.0 Å². The number of hydrogen-bond acceptors (Lipinski definition) is 6. The number of likely N-dealkylation sites (N-methyl/N-ethyl adjacent to an activating group) is 1. The molecule has 8 nitrogen and oxygen atoms in total. The predicted octanol–water partition coefficient (Wildman–Crippen LogP) is 2.21. The number of nitrogens with one attached hydrogen (secondary N) is 1. The van der Waals surface area contributed by atoms with Crippen LogP contribution in [-0.4, -0.2) is 66.2 Å². The lowest BCUT2D eigenvalue weighted by Gasteiger charge is -2.33. The number of benzene rings is 2. The molecule has 1 aliphatic rings. The van der Waals surface area contributed by atoms with Crippen molar-refractivity contribution in [3.8, 4) is 0 Å². The molecule has 1 saturated heterocycles. The van der Waals surface area contributed by atoms with Crippen LogP contribution in [0.4, 0.5) is 5.69 Å². The largest absolute Gasteiger partial charge is 0.321 e. The Bertz CT molecular complexity index is 1160. The summed E-state index contributed by atoms with van der Waals surface area (Å²) < 4.78 is 27.2. The maximum atomic E-state index is 12.9. The van der Waals surface area contributed by atoms with E-state index in [4.69, 9.17) is 0 Å². The second-order valence-electron chi connectivity index (χ2n) is 7.06. The van der Waals surface area contributed by atoms with E-state index in [1.807, 2.05) is 18.2 Å². The second kappa shape index (κ2) is 8.47. The first-order valence-corrected chi connectivity index (χ1v) is 11.3. The molecule has 1 N–H and O–H groups in total. The first kappa shape index (κ1) is 20.4. The minimum atomic E-state index is -3.54. The summed E-state index contributed by atoms with van der Waals surface area (Å²) >= 11 is 0. The summed E-state index contributed by atoms with van der Waals surface area (Å²) in [5.41, 5.74) is 2.03. The number of fused-ring (bicyclic) bond motifs is 1. The van der Waals surface area contributed by atoms with Crippen LogP contribution >= 0.6 is 0 Å². The van der Waals surface area contributed by atoms with Gasteiger partial charge in [0.25, 0.3) is 5.91 Å². The Morgan fingerprint density at radius 1 is 1.00 bits per heavy atom. The van der Waals surface area contributed by atoms with Crippen molar-refractivity contribution in [1.29, 1.82) is 0 Å². The van der Waals surface area contributed by atoms with Gasteiger partial charge in [-0.3, -0.25) is 9.78 Å². The van der Waals surface area contributed by atoms with Crippen LogP contribution in [0.15, 0.2) is 59.6 Å². The Hall–Kier alpha value is -2.88. The molecular formula is C21H23N5O3S. The molecule has 0 bridgehead atoms. The third kappa shape index (κ3) is 4.18. The molecule has 9 heteroatoms. The molecule has 1 amide bonds. The number of rotatable bonds is 5. The normalized spacial score (nSPS) is 15.9. The van der Waals surface area contributed by atoms with Crippen LogP contribution in [0, 0.1) is 0 Å². The molecule has 156 valence electrons. The number of piperazine rings is 1. The maximum Gasteiger partial charge on any atom is 0.275 e. The Kier molecular flexibility index (Phi) is 5.76. The number of hydrogen-bond donors (Lipinski definition) is 1. The van der Waals surface area contributed by atoms with E-state index in [9.17, 15) is 13.2 Å². The summed E-state index contributed by atoms with van der Waals surface area (Å²) in [6, 6.07) is 13.5. The van der Waals surface area contributed by atoms with Crippen LogP contribution in [0.1, 0.15) is 17.4 Å². The molecule has 0 atom stereocenters. The van der Waals surface area contributed by atoms with Gasteiger partial charge in [-0.15, -0.1) is 0 Å². The SMILES string of the molecule is CCN1CCN(S(=O)(=O)c2ccc(NC(=O)c3cnc4ccccc4n3)cc2)CC1. The highest BCUT2D eigenvalue weighted by atomic mass is 32.2. The van der Waals surface area contributed by atoms with E-state index in [0.717, 1.165) is 19.6 Å². The summed E-state index contributed by atoms with van der Waals surface area (Å²) in [5.74, 6) is -0.403. The molecule has 4 rings (SSSR count). The molecule has 1 aliphatic heterocycles. The standard InChI is InChI=1S/C21H23N5O3S/c1-2-25-11-13-26(14-12-25)30(28,29)17-9-7-16(8-10-17)23-21(27)20-15-22-18-5-3-4-6-19(18)24-20/h3-10,15H,2,11-14H2,1H3,(H,23,27). The highest BCUT2D eigenvalue weighted by Crippen LogP contribution is 2.20. The van der Waals surface area contributed by atoms with Crippen molar-refractivity contribution < 1.29 is 13.2 Å². The van der Waals surface area contributed by atoms with Gasteiger partial charge >= 0.3 is 0 Å². The van der Waals surface area contributed by atoms with Crippen LogP contribution in [0.5, 0.6) is 0 Å². The molecule has 0 unspecified atom stereocenters. The first-order chi connectivity index (χ1) is 14.5. The average Bonchev–Trinajstić information content (AvgIpc) is 2.79. The van der Waals surface area contributed by atoms with Crippen LogP contribution in [0.25, 0.3) is 11.0 Å². The maximum absolute atomic E-state index is 12.9. The van der Waals surface area contributed by atoms with Crippen LogP contribution in [0.2, 0.25) is 0 Å². The fraction of sp³-hybridized carbons (Fsp3) is 0.286.